The van der Waals surface area contributed by atoms with E-state index in [4.69, 9.17) is 4.42 Å². The summed E-state index contributed by atoms with van der Waals surface area (Å²) in [6.45, 7) is 0. The van der Waals surface area contributed by atoms with Crippen molar-refractivity contribution in [2.24, 2.45) is 0 Å². The van der Waals surface area contributed by atoms with Gasteiger partial charge in [0.1, 0.15) is 11.5 Å². The van der Waals surface area contributed by atoms with Crippen molar-refractivity contribution in [1.82, 2.24) is 0 Å². The Kier molecular flexibility index (Phi) is 4.53. The Balaban J connectivity index is 1.32. The molecular weight excluding hydrogens is 424 g/mol. The molecule has 0 spiro atoms. The molecule has 0 N–H and O–H groups in total. The van der Waals surface area contributed by atoms with Crippen molar-refractivity contribution in [3.8, 4) is 33.8 Å². The molecule has 0 fully saturated rings. The Hall–Kier alpha value is -4.62. The van der Waals surface area contributed by atoms with Crippen molar-refractivity contribution in [2.45, 2.75) is 0 Å². The second-order valence-corrected chi connectivity index (χ2v) is 8.96. The molecule has 0 bridgehead atoms. The van der Waals surface area contributed by atoms with Gasteiger partial charge >= 0.3 is 0 Å². The molecule has 7 rings (SSSR count). The predicted molar refractivity (Wildman–Crippen MR) is 148 cm³/mol. The topological polar surface area (TPSA) is 13.1 Å². The van der Waals surface area contributed by atoms with E-state index in [2.05, 4.69) is 133 Å². The van der Waals surface area contributed by atoms with Crippen LogP contribution in [0.2, 0.25) is 0 Å². The van der Waals surface area contributed by atoms with E-state index in [0.717, 1.165) is 22.6 Å². The largest absolute Gasteiger partial charge is 0.456 e. The van der Waals surface area contributed by atoms with E-state index in [-0.39, 0.29) is 0 Å². The number of fused-ring (bicyclic) bond motifs is 3. The van der Waals surface area contributed by atoms with Gasteiger partial charge in [-0.1, -0.05) is 115 Å². The Morgan fingerprint density at radius 1 is 0.371 bits per heavy atom. The fraction of sp³-hybridized carbons (Fsp3) is 0. The van der Waals surface area contributed by atoms with Gasteiger partial charge in [-0.3, -0.25) is 0 Å². The van der Waals surface area contributed by atoms with Crippen molar-refractivity contribution >= 4 is 32.3 Å². The van der Waals surface area contributed by atoms with Crippen LogP contribution in [0.15, 0.2) is 138 Å². The van der Waals surface area contributed by atoms with Gasteiger partial charge in [0, 0.05) is 11.1 Å². The first-order valence-electron chi connectivity index (χ1n) is 11.9. The number of rotatable bonds is 3. The maximum absolute atomic E-state index is 6.49. The van der Waals surface area contributed by atoms with Crippen molar-refractivity contribution in [2.75, 3.05) is 0 Å². The second-order valence-electron chi connectivity index (χ2n) is 8.96. The molecule has 1 aromatic heterocycles. The minimum Gasteiger partial charge on any atom is -0.456 e. The van der Waals surface area contributed by atoms with Gasteiger partial charge in [-0.15, -0.1) is 0 Å². The van der Waals surface area contributed by atoms with Crippen LogP contribution < -0.4 is 0 Å². The van der Waals surface area contributed by atoms with E-state index < -0.39 is 0 Å². The Morgan fingerprint density at radius 3 is 1.63 bits per heavy atom. The van der Waals surface area contributed by atoms with Crippen LogP contribution in [0.4, 0.5) is 0 Å². The summed E-state index contributed by atoms with van der Waals surface area (Å²) in [5, 5.41) is 7.38. The molecule has 164 valence electrons. The van der Waals surface area contributed by atoms with Crippen LogP contribution in [0.5, 0.6) is 0 Å². The van der Waals surface area contributed by atoms with Gasteiger partial charge in [0.25, 0.3) is 0 Å². The molecule has 1 heteroatoms. The minimum absolute atomic E-state index is 0.876. The molecule has 0 radical (unpaired) electrons. The molecule has 0 amide bonds. The third-order valence-electron chi connectivity index (χ3n) is 6.89. The molecular formula is C34H22O. The van der Waals surface area contributed by atoms with Crippen LogP contribution in [0, 0.1) is 0 Å². The summed E-state index contributed by atoms with van der Waals surface area (Å²) < 4.78 is 6.49. The monoisotopic (exact) mass is 446 g/mol. The van der Waals surface area contributed by atoms with Crippen LogP contribution in [0.3, 0.4) is 0 Å². The number of benzene rings is 6. The Bertz CT molecular complexity index is 1780. The second kappa shape index (κ2) is 8.00. The number of hydrogen-bond acceptors (Lipinski definition) is 1. The SMILES string of the molecule is c1ccc2c(-c3ccc(-c4ccc(-c5c6ccccc6cc6ccccc56)o4)cc3)cccc2c1. The average molecular weight is 447 g/mol. The van der Waals surface area contributed by atoms with Gasteiger partial charge in [-0.05, 0) is 61.6 Å². The highest BCUT2D eigenvalue weighted by Gasteiger charge is 2.14. The van der Waals surface area contributed by atoms with Crippen LogP contribution in [-0.2, 0) is 0 Å². The molecule has 7 aromatic rings. The van der Waals surface area contributed by atoms with Gasteiger partial charge in [-0.2, -0.15) is 0 Å². The highest BCUT2D eigenvalue weighted by atomic mass is 16.3. The van der Waals surface area contributed by atoms with Crippen LogP contribution >= 0.6 is 0 Å². The minimum atomic E-state index is 0.876. The molecule has 0 atom stereocenters. The molecule has 0 saturated heterocycles. The van der Waals surface area contributed by atoms with E-state index in [9.17, 15) is 0 Å². The number of furan rings is 1. The van der Waals surface area contributed by atoms with E-state index in [1.165, 1.54) is 43.4 Å². The Morgan fingerprint density at radius 2 is 0.914 bits per heavy atom. The first-order valence-corrected chi connectivity index (χ1v) is 11.9. The van der Waals surface area contributed by atoms with Crippen molar-refractivity contribution < 1.29 is 4.42 Å². The van der Waals surface area contributed by atoms with Gasteiger partial charge in [0.15, 0.2) is 0 Å². The summed E-state index contributed by atoms with van der Waals surface area (Å²) in [6, 6.07) is 47.2. The summed E-state index contributed by atoms with van der Waals surface area (Å²) in [4.78, 5) is 0. The summed E-state index contributed by atoms with van der Waals surface area (Å²) in [5.74, 6) is 1.77. The highest BCUT2D eigenvalue weighted by molar-refractivity contribution is 6.11. The van der Waals surface area contributed by atoms with Crippen LogP contribution in [0.1, 0.15) is 0 Å². The molecule has 1 heterocycles. The highest BCUT2D eigenvalue weighted by Crippen LogP contribution is 2.39. The lowest BCUT2D eigenvalue weighted by Gasteiger charge is -2.10. The predicted octanol–water partition coefficient (Wildman–Crippen LogP) is 9.74. The zero-order valence-corrected chi connectivity index (χ0v) is 19.1. The lowest BCUT2D eigenvalue weighted by atomic mass is 9.95. The Labute approximate surface area is 203 Å². The summed E-state index contributed by atoms with van der Waals surface area (Å²) >= 11 is 0. The zero-order chi connectivity index (χ0) is 23.2. The third kappa shape index (κ3) is 3.33. The molecule has 0 unspecified atom stereocenters. The van der Waals surface area contributed by atoms with Crippen LogP contribution in [0.25, 0.3) is 66.1 Å². The van der Waals surface area contributed by atoms with Gasteiger partial charge in [-0.25, -0.2) is 0 Å². The van der Waals surface area contributed by atoms with E-state index in [1.807, 2.05) is 0 Å². The van der Waals surface area contributed by atoms with Crippen molar-refractivity contribution in [3.63, 3.8) is 0 Å². The maximum Gasteiger partial charge on any atom is 0.136 e. The van der Waals surface area contributed by atoms with E-state index in [0.29, 0.717) is 0 Å². The summed E-state index contributed by atoms with van der Waals surface area (Å²) in [6.07, 6.45) is 0. The molecule has 0 aliphatic carbocycles. The molecule has 6 aromatic carbocycles. The molecule has 0 saturated carbocycles. The van der Waals surface area contributed by atoms with Gasteiger partial charge in [0.05, 0.1) is 0 Å². The lowest BCUT2D eigenvalue weighted by molar-refractivity contribution is 0.598. The summed E-state index contributed by atoms with van der Waals surface area (Å²) in [7, 11) is 0. The average Bonchev–Trinajstić information content (AvgIpc) is 3.41. The fourth-order valence-electron chi connectivity index (χ4n) is 5.20. The molecule has 0 aliphatic heterocycles. The van der Waals surface area contributed by atoms with Gasteiger partial charge in [0.2, 0.25) is 0 Å². The zero-order valence-electron chi connectivity index (χ0n) is 19.1. The van der Waals surface area contributed by atoms with Gasteiger partial charge < -0.3 is 4.42 Å². The molecule has 0 aliphatic rings. The van der Waals surface area contributed by atoms with Crippen molar-refractivity contribution in [3.05, 3.63) is 133 Å². The van der Waals surface area contributed by atoms with E-state index in [1.54, 1.807) is 0 Å². The first-order chi connectivity index (χ1) is 17.3. The third-order valence-corrected chi connectivity index (χ3v) is 6.89. The maximum atomic E-state index is 6.49. The van der Waals surface area contributed by atoms with Crippen molar-refractivity contribution in [1.29, 1.82) is 0 Å². The molecule has 1 nitrogen and oxygen atoms in total. The van der Waals surface area contributed by atoms with E-state index >= 15 is 0 Å². The first kappa shape index (κ1) is 19.8. The van der Waals surface area contributed by atoms with Crippen LogP contribution in [-0.4, -0.2) is 0 Å². The lowest BCUT2D eigenvalue weighted by Crippen LogP contribution is -1.84. The quantitative estimate of drug-likeness (QED) is 0.246. The number of hydrogen-bond donors (Lipinski definition) is 0. The standard InChI is InChI=1S/C34H22O/c1-4-12-28-23(8-1)11-7-15-29(28)24-16-18-25(19-17-24)32-20-21-33(35-32)34-30-13-5-2-9-26(30)22-27-10-3-6-14-31(27)34/h1-22H. The fourth-order valence-corrected chi connectivity index (χ4v) is 5.20. The smallest absolute Gasteiger partial charge is 0.136 e. The summed E-state index contributed by atoms with van der Waals surface area (Å²) in [5.41, 5.74) is 4.68. The molecule has 35 heavy (non-hydrogen) atoms. The normalized spacial score (nSPS) is 11.4.